The predicted molar refractivity (Wildman–Crippen MR) is 91.3 cm³/mol. The van der Waals surface area contributed by atoms with Gasteiger partial charge in [-0.2, -0.15) is 4.98 Å². The maximum absolute atomic E-state index is 13.7. The lowest BCUT2D eigenvalue weighted by Gasteiger charge is -2.32. The molecule has 1 N–H and O–H groups in total. The van der Waals surface area contributed by atoms with Crippen LogP contribution in [-0.2, 0) is 20.7 Å². The van der Waals surface area contributed by atoms with Crippen LogP contribution < -0.4 is 0 Å². The average molecular weight is 377 g/mol. The highest BCUT2D eigenvalue weighted by Gasteiger charge is 2.26. The molecule has 1 aromatic carbocycles. The van der Waals surface area contributed by atoms with Gasteiger partial charge in [-0.3, -0.25) is 9.59 Å². The molecule has 0 spiro atoms. The van der Waals surface area contributed by atoms with Gasteiger partial charge in [-0.15, -0.1) is 0 Å². The van der Waals surface area contributed by atoms with Crippen molar-refractivity contribution in [2.24, 2.45) is 0 Å². The monoisotopic (exact) mass is 377 g/mol. The van der Waals surface area contributed by atoms with Crippen molar-refractivity contribution in [3.8, 4) is 11.4 Å². The van der Waals surface area contributed by atoms with Crippen molar-refractivity contribution in [2.45, 2.75) is 32.3 Å². The van der Waals surface area contributed by atoms with Crippen LogP contribution in [0.25, 0.3) is 11.4 Å². The number of ether oxygens (including phenoxy) is 1. The zero-order valence-electron chi connectivity index (χ0n) is 14.9. The van der Waals surface area contributed by atoms with Gasteiger partial charge in [0, 0.05) is 31.5 Å². The lowest BCUT2D eigenvalue weighted by atomic mass is 10.1. The largest absolute Gasteiger partial charge is 0.481 e. The Labute approximate surface area is 154 Å². The number of hydrogen-bond acceptors (Lipinski definition) is 6. The topological polar surface area (TPSA) is 106 Å². The Balaban J connectivity index is 1.55. The molecule has 2 aromatic rings. The van der Waals surface area contributed by atoms with Crippen LogP contribution in [0.15, 0.2) is 22.7 Å². The highest BCUT2D eigenvalue weighted by molar-refractivity contribution is 5.76. The van der Waals surface area contributed by atoms with Gasteiger partial charge in [-0.05, 0) is 18.6 Å². The molecule has 0 unspecified atom stereocenters. The summed E-state index contributed by atoms with van der Waals surface area (Å²) in [6, 6.07) is 4.68. The fourth-order valence-corrected chi connectivity index (χ4v) is 2.84. The molecule has 0 saturated carbocycles. The molecule has 1 aromatic heterocycles. The van der Waals surface area contributed by atoms with Gasteiger partial charge in [0.2, 0.25) is 17.6 Å². The van der Waals surface area contributed by atoms with Crippen molar-refractivity contribution in [2.75, 3.05) is 19.7 Å². The molecule has 1 aliphatic rings. The predicted octanol–water partition coefficient (Wildman–Crippen LogP) is 1.82. The van der Waals surface area contributed by atoms with E-state index in [1.807, 2.05) is 0 Å². The van der Waals surface area contributed by atoms with Crippen molar-refractivity contribution in [1.29, 1.82) is 0 Å². The second-order valence-corrected chi connectivity index (χ2v) is 6.41. The van der Waals surface area contributed by atoms with E-state index in [1.54, 1.807) is 24.0 Å². The normalized spacial score (nSPS) is 17.1. The Morgan fingerprint density at radius 2 is 2.22 bits per heavy atom. The van der Waals surface area contributed by atoms with E-state index >= 15 is 0 Å². The third-order valence-electron chi connectivity index (χ3n) is 4.34. The summed E-state index contributed by atoms with van der Waals surface area (Å²) in [4.78, 5) is 28.9. The molecule has 1 atom stereocenters. The van der Waals surface area contributed by atoms with Crippen LogP contribution in [0.4, 0.5) is 4.39 Å². The van der Waals surface area contributed by atoms with Crippen molar-refractivity contribution in [3.05, 3.63) is 35.5 Å². The molecule has 1 saturated heterocycles. The Bertz CT molecular complexity index is 838. The third kappa shape index (κ3) is 4.88. The fourth-order valence-electron chi connectivity index (χ4n) is 2.84. The number of aliphatic carboxylic acids is 1. The molecule has 1 fully saturated rings. The summed E-state index contributed by atoms with van der Waals surface area (Å²) in [5, 5.41) is 12.7. The summed E-state index contributed by atoms with van der Waals surface area (Å²) in [7, 11) is 0. The lowest BCUT2D eigenvalue weighted by molar-refractivity contribution is -0.147. The van der Waals surface area contributed by atoms with Gasteiger partial charge in [0.05, 0.1) is 19.1 Å². The van der Waals surface area contributed by atoms with Crippen LogP contribution in [-0.4, -0.2) is 57.8 Å². The summed E-state index contributed by atoms with van der Waals surface area (Å²) >= 11 is 0. The number of aromatic nitrogens is 2. The van der Waals surface area contributed by atoms with E-state index in [-0.39, 0.29) is 49.2 Å². The number of carboxylic acids is 1. The summed E-state index contributed by atoms with van der Waals surface area (Å²) < 4.78 is 24.2. The Kier molecular flexibility index (Phi) is 5.80. The highest BCUT2D eigenvalue weighted by atomic mass is 19.1. The molecule has 9 heteroatoms. The van der Waals surface area contributed by atoms with Crippen LogP contribution >= 0.6 is 0 Å². The molecular formula is C18H20FN3O5. The van der Waals surface area contributed by atoms with Gasteiger partial charge in [0.15, 0.2) is 0 Å². The number of hydrogen-bond donors (Lipinski definition) is 1. The van der Waals surface area contributed by atoms with Gasteiger partial charge in [-0.25, -0.2) is 4.39 Å². The summed E-state index contributed by atoms with van der Waals surface area (Å²) in [6.45, 7) is 2.65. The Morgan fingerprint density at radius 3 is 2.96 bits per heavy atom. The van der Waals surface area contributed by atoms with E-state index < -0.39 is 12.1 Å². The number of benzene rings is 1. The van der Waals surface area contributed by atoms with Crippen LogP contribution in [0.3, 0.4) is 0 Å². The van der Waals surface area contributed by atoms with Gasteiger partial charge >= 0.3 is 5.97 Å². The van der Waals surface area contributed by atoms with Crippen LogP contribution in [0, 0.1) is 12.7 Å². The van der Waals surface area contributed by atoms with E-state index in [0.29, 0.717) is 24.3 Å². The molecular weight excluding hydrogens is 357 g/mol. The van der Waals surface area contributed by atoms with Crippen molar-refractivity contribution >= 4 is 11.9 Å². The third-order valence-corrected chi connectivity index (χ3v) is 4.34. The molecule has 0 bridgehead atoms. The maximum atomic E-state index is 13.7. The molecule has 27 heavy (non-hydrogen) atoms. The first-order chi connectivity index (χ1) is 12.9. The average Bonchev–Trinajstić information content (AvgIpc) is 3.10. The van der Waals surface area contributed by atoms with Crippen molar-refractivity contribution in [1.82, 2.24) is 15.0 Å². The van der Waals surface area contributed by atoms with Crippen LogP contribution in [0.5, 0.6) is 0 Å². The number of halogens is 1. The van der Waals surface area contributed by atoms with Crippen LogP contribution in [0.2, 0.25) is 0 Å². The number of carboxylic acid groups (broad SMARTS) is 1. The molecule has 2 heterocycles. The second-order valence-electron chi connectivity index (χ2n) is 6.41. The van der Waals surface area contributed by atoms with Gasteiger partial charge in [0.1, 0.15) is 5.82 Å². The number of amides is 1. The minimum Gasteiger partial charge on any atom is -0.481 e. The zero-order chi connectivity index (χ0) is 19.4. The second kappa shape index (κ2) is 8.26. The SMILES string of the molecule is Cc1ccc(-c2noc(CCC(=O)N3CCO[C@@H](CC(=O)O)C3)n2)cc1F. The van der Waals surface area contributed by atoms with Gasteiger partial charge in [0.25, 0.3) is 0 Å². The molecule has 0 radical (unpaired) electrons. The zero-order valence-corrected chi connectivity index (χ0v) is 14.9. The molecule has 1 amide bonds. The van der Waals surface area contributed by atoms with E-state index in [4.69, 9.17) is 14.4 Å². The first-order valence-corrected chi connectivity index (χ1v) is 8.62. The summed E-state index contributed by atoms with van der Waals surface area (Å²) in [5.41, 5.74) is 1.03. The van der Waals surface area contributed by atoms with E-state index in [0.717, 1.165) is 0 Å². The molecule has 1 aliphatic heterocycles. The van der Waals surface area contributed by atoms with Gasteiger partial charge in [-0.1, -0.05) is 17.3 Å². The maximum Gasteiger partial charge on any atom is 0.306 e. The van der Waals surface area contributed by atoms with Gasteiger partial charge < -0.3 is 19.3 Å². The number of carbonyl (C=O) groups is 2. The molecule has 3 rings (SSSR count). The minimum atomic E-state index is -0.958. The fraction of sp³-hybridized carbons (Fsp3) is 0.444. The lowest BCUT2D eigenvalue weighted by Crippen LogP contribution is -2.46. The number of carbonyl (C=O) groups excluding carboxylic acids is 1. The standard InChI is InChI=1S/C18H20FN3O5/c1-11-2-3-12(8-14(11)19)18-20-15(27-21-18)4-5-16(23)22-6-7-26-13(10-22)9-17(24)25/h2-3,8,13H,4-7,9-10H2,1H3,(H,24,25)/t13-/m0/s1. The minimum absolute atomic E-state index is 0.130. The first-order valence-electron chi connectivity index (χ1n) is 8.62. The number of aryl methyl sites for hydroxylation is 2. The molecule has 144 valence electrons. The number of nitrogens with zero attached hydrogens (tertiary/aromatic N) is 3. The van der Waals surface area contributed by atoms with E-state index in [9.17, 15) is 14.0 Å². The Morgan fingerprint density at radius 1 is 1.41 bits per heavy atom. The first kappa shape index (κ1) is 19.0. The molecule has 0 aliphatic carbocycles. The quantitative estimate of drug-likeness (QED) is 0.818. The number of rotatable bonds is 6. The summed E-state index contributed by atoms with van der Waals surface area (Å²) in [5.74, 6) is -0.883. The van der Waals surface area contributed by atoms with Crippen LogP contribution in [0.1, 0.15) is 24.3 Å². The highest BCUT2D eigenvalue weighted by Crippen LogP contribution is 2.19. The molecule has 8 nitrogen and oxygen atoms in total. The van der Waals surface area contributed by atoms with E-state index in [1.165, 1.54) is 6.07 Å². The van der Waals surface area contributed by atoms with Crippen molar-refractivity contribution < 1.29 is 28.3 Å². The van der Waals surface area contributed by atoms with E-state index in [2.05, 4.69) is 10.1 Å². The Hall–Kier alpha value is -2.81. The number of morpholine rings is 1. The summed E-state index contributed by atoms with van der Waals surface area (Å²) in [6.07, 6.45) is -0.221. The van der Waals surface area contributed by atoms with Crippen molar-refractivity contribution in [3.63, 3.8) is 0 Å². The smallest absolute Gasteiger partial charge is 0.306 e.